The van der Waals surface area contributed by atoms with Crippen molar-refractivity contribution >= 4 is 23.7 Å². The van der Waals surface area contributed by atoms with Crippen LogP contribution in [0.25, 0.3) is 0 Å². The zero-order chi connectivity index (χ0) is 16.8. The average Bonchev–Trinajstić information content (AvgIpc) is 2.91. The summed E-state index contributed by atoms with van der Waals surface area (Å²) >= 11 is 0. The fraction of sp³-hybridized carbons (Fsp3) is 0.400. The number of esters is 1. The van der Waals surface area contributed by atoms with Crippen LogP contribution in [0.1, 0.15) is 12.8 Å². The maximum Gasteiger partial charge on any atom is 0.414 e. The Bertz CT molecular complexity index is 607. The van der Waals surface area contributed by atoms with Crippen LogP contribution in [0, 0.1) is 5.82 Å². The molecule has 1 aliphatic rings. The standard InChI is InChI=1S/C15H17FN2O5/c1-22-14(20)6-5-13(19)17-8-12-9-18(15(21)23-12)11-4-2-3-10(16)7-11/h2-4,7,12H,5-6,8-9H2,1H3,(H,17,19)/t12-/m0/s1. The highest BCUT2D eigenvalue weighted by atomic mass is 19.1. The monoisotopic (exact) mass is 324 g/mol. The second kappa shape index (κ2) is 7.57. The number of anilines is 1. The Morgan fingerprint density at radius 1 is 1.43 bits per heavy atom. The number of halogens is 1. The highest BCUT2D eigenvalue weighted by molar-refractivity contribution is 5.89. The summed E-state index contributed by atoms with van der Waals surface area (Å²) in [5.41, 5.74) is 0.398. The van der Waals surface area contributed by atoms with Gasteiger partial charge in [0.25, 0.3) is 0 Å². The Hall–Kier alpha value is -2.64. The third-order valence-corrected chi connectivity index (χ3v) is 3.30. The van der Waals surface area contributed by atoms with Crippen molar-refractivity contribution in [3.8, 4) is 0 Å². The zero-order valence-corrected chi connectivity index (χ0v) is 12.6. The first-order chi connectivity index (χ1) is 11.0. The summed E-state index contributed by atoms with van der Waals surface area (Å²) < 4.78 is 22.8. The number of cyclic esters (lactones) is 1. The first-order valence-corrected chi connectivity index (χ1v) is 7.07. The lowest BCUT2D eigenvalue weighted by molar-refractivity contribution is -0.142. The fourth-order valence-electron chi connectivity index (χ4n) is 2.12. The van der Waals surface area contributed by atoms with Gasteiger partial charge < -0.3 is 14.8 Å². The molecule has 2 rings (SSSR count). The van der Waals surface area contributed by atoms with Crippen LogP contribution in [-0.2, 0) is 19.1 Å². The molecule has 1 N–H and O–H groups in total. The molecular weight excluding hydrogens is 307 g/mol. The molecular formula is C15H17FN2O5. The lowest BCUT2D eigenvalue weighted by Crippen LogP contribution is -2.34. The van der Waals surface area contributed by atoms with E-state index in [1.54, 1.807) is 6.07 Å². The molecule has 2 amide bonds. The van der Waals surface area contributed by atoms with Crippen molar-refractivity contribution in [2.24, 2.45) is 0 Å². The minimum absolute atomic E-state index is 0.000943. The molecule has 0 radical (unpaired) electrons. The van der Waals surface area contributed by atoms with Gasteiger partial charge in [-0.15, -0.1) is 0 Å². The molecule has 0 aromatic heterocycles. The van der Waals surface area contributed by atoms with Gasteiger partial charge in [-0.05, 0) is 18.2 Å². The third-order valence-electron chi connectivity index (χ3n) is 3.30. The summed E-state index contributed by atoms with van der Waals surface area (Å²) in [5, 5.41) is 2.58. The number of carbonyl (C=O) groups excluding carboxylic acids is 3. The summed E-state index contributed by atoms with van der Waals surface area (Å²) in [6, 6.07) is 5.62. The highest BCUT2D eigenvalue weighted by Gasteiger charge is 2.32. The highest BCUT2D eigenvalue weighted by Crippen LogP contribution is 2.22. The largest absolute Gasteiger partial charge is 0.469 e. The number of carbonyl (C=O) groups is 3. The number of hydrogen-bond donors (Lipinski definition) is 1. The van der Waals surface area contributed by atoms with E-state index in [0.29, 0.717) is 5.69 Å². The van der Waals surface area contributed by atoms with Crippen molar-refractivity contribution in [1.82, 2.24) is 5.32 Å². The average molecular weight is 324 g/mol. The summed E-state index contributed by atoms with van der Waals surface area (Å²) in [6.45, 7) is 0.330. The molecule has 0 spiro atoms. The first kappa shape index (κ1) is 16.7. The molecule has 0 aliphatic carbocycles. The zero-order valence-electron chi connectivity index (χ0n) is 12.6. The smallest absolute Gasteiger partial charge is 0.414 e. The second-order valence-corrected chi connectivity index (χ2v) is 4.98. The predicted octanol–water partition coefficient (Wildman–Crippen LogP) is 1.22. The minimum atomic E-state index is -0.593. The van der Waals surface area contributed by atoms with Crippen LogP contribution < -0.4 is 10.2 Å². The van der Waals surface area contributed by atoms with Gasteiger partial charge in [0.2, 0.25) is 5.91 Å². The van der Waals surface area contributed by atoms with Gasteiger partial charge in [-0.2, -0.15) is 0 Å². The van der Waals surface area contributed by atoms with Crippen LogP contribution in [0.5, 0.6) is 0 Å². The molecule has 1 aromatic rings. The van der Waals surface area contributed by atoms with E-state index in [1.807, 2.05) is 0 Å². The summed E-state index contributed by atoms with van der Waals surface area (Å²) in [4.78, 5) is 35.6. The molecule has 1 heterocycles. The van der Waals surface area contributed by atoms with Gasteiger partial charge in [0, 0.05) is 6.42 Å². The predicted molar refractivity (Wildman–Crippen MR) is 78.3 cm³/mol. The van der Waals surface area contributed by atoms with E-state index in [2.05, 4.69) is 10.1 Å². The molecule has 0 unspecified atom stereocenters. The Balaban J connectivity index is 1.81. The fourth-order valence-corrected chi connectivity index (χ4v) is 2.12. The SMILES string of the molecule is COC(=O)CCC(=O)NC[C@H]1CN(c2cccc(F)c2)C(=O)O1. The van der Waals surface area contributed by atoms with Crippen molar-refractivity contribution in [2.75, 3.05) is 25.1 Å². The number of benzene rings is 1. The molecule has 1 saturated heterocycles. The Morgan fingerprint density at radius 2 is 2.22 bits per heavy atom. The number of amides is 2. The molecule has 23 heavy (non-hydrogen) atoms. The van der Waals surface area contributed by atoms with E-state index in [4.69, 9.17) is 4.74 Å². The van der Waals surface area contributed by atoms with Crippen molar-refractivity contribution in [1.29, 1.82) is 0 Å². The number of ether oxygens (including phenoxy) is 2. The van der Waals surface area contributed by atoms with Crippen molar-refractivity contribution < 1.29 is 28.2 Å². The van der Waals surface area contributed by atoms with Crippen LogP contribution in [-0.4, -0.2) is 44.3 Å². The van der Waals surface area contributed by atoms with Gasteiger partial charge in [0.05, 0.1) is 32.3 Å². The summed E-state index contributed by atoms with van der Waals surface area (Å²) in [6.07, 6.45) is -1.14. The maximum absolute atomic E-state index is 13.2. The molecule has 124 valence electrons. The minimum Gasteiger partial charge on any atom is -0.469 e. The topological polar surface area (TPSA) is 84.9 Å². The van der Waals surface area contributed by atoms with Crippen LogP contribution in [0.3, 0.4) is 0 Å². The molecule has 7 nitrogen and oxygen atoms in total. The number of nitrogens with one attached hydrogen (secondary N) is 1. The van der Waals surface area contributed by atoms with E-state index in [-0.39, 0.29) is 31.8 Å². The summed E-state index contributed by atoms with van der Waals surface area (Å²) in [7, 11) is 1.25. The maximum atomic E-state index is 13.2. The van der Waals surface area contributed by atoms with Crippen molar-refractivity contribution in [3.05, 3.63) is 30.1 Å². The molecule has 8 heteroatoms. The number of nitrogens with zero attached hydrogens (tertiary/aromatic N) is 1. The van der Waals surface area contributed by atoms with Crippen molar-refractivity contribution in [3.63, 3.8) is 0 Å². The van der Waals surface area contributed by atoms with Crippen LogP contribution in [0.2, 0.25) is 0 Å². The molecule has 1 aliphatic heterocycles. The third kappa shape index (κ3) is 4.67. The number of methoxy groups -OCH3 is 1. The Kier molecular flexibility index (Phi) is 5.51. The summed E-state index contributed by atoms with van der Waals surface area (Å²) in [5.74, 6) is -1.25. The van der Waals surface area contributed by atoms with Crippen LogP contribution in [0.4, 0.5) is 14.9 Å². The van der Waals surface area contributed by atoms with Crippen molar-refractivity contribution in [2.45, 2.75) is 18.9 Å². The van der Waals surface area contributed by atoms with E-state index in [0.717, 1.165) is 0 Å². The van der Waals surface area contributed by atoms with E-state index in [9.17, 15) is 18.8 Å². The molecule has 0 bridgehead atoms. The van der Waals surface area contributed by atoms with Gasteiger partial charge in [0.1, 0.15) is 11.9 Å². The lowest BCUT2D eigenvalue weighted by atomic mass is 10.2. The number of rotatable bonds is 6. The van der Waals surface area contributed by atoms with Gasteiger partial charge in [-0.3, -0.25) is 14.5 Å². The van der Waals surface area contributed by atoms with Crippen LogP contribution in [0.15, 0.2) is 24.3 Å². The molecule has 1 fully saturated rings. The lowest BCUT2D eigenvalue weighted by Gasteiger charge is -2.13. The van der Waals surface area contributed by atoms with Gasteiger partial charge in [0.15, 0.2) is 0 Å². The molecule has 0 saturated carbocycles. The van der Waals surface area contributed by atoms with Gasteiger partial charge >= 0.3 is 12.1 Å². The quantitative estimate of drug-likeness (QED) is 0.795. The van der Waals surface area contributed by atoms with E-state index in [1.165, 1.54) is 30.2 Å². The first-order valence-electron chi connectivity index (χ1n) is 7.07. The molecule has 1 aromatic carbocycles. The van der Waals surface area contributed by atoms with Gasteiger partial charge in [-0.25, -0.2) is 9.18 Å². The molecule has 1 atom stereocenters. The van der Waals surface area contributed by atoms with E-state index < -0.39 is 24.0 Å². The van der Waals surface area contributed by atoms with Gasteiger partial charge in [-0.1, -0.05) is 6.07 Å². The van der Waals surface area contributed by atoms with E-state index >= 15 is 0 Å². The van der Waals surface area contributed by atoms with Crippen LogP contribution >= 0.6 is 0 Å². The Morgan fingerprint density at radius 3 is 2.91 bits per heavy atom. The normalized spacial score (nSPS) is 16.9. The Labute approximate surface area is 132 Å². The number of hydrogen-bond acceptors (Lipinski definition) is 5. The second-order valence-electron chi connectivity index (χ2n) is 4.98.